The van der Waals surface area contributed by atoms with Gasteiger partial charge in [0.25, 0.3) is 0 Å². The number of nitrogens with zero attached hydrogens (tertiary/aromatic N) is 3. The highest BCUT2D eigenvalue weighted by molar-refractivity contribution is 6.09. The zero-order valence-electron chi connectivity index (χ0n) is 35.7. The topological polar surface area (TPSA) is 30.7 Å². The first kappa shape index (κ1) is 37.6. The minimum absolute atomic E-state index is 0.105. The van der Waals surface area contributed by atoms with Crippen molar-refractivity contribution in [2.75, 3.05) is 0 Å². The van der Waals surface area contributed by atoms with Crippen molar-refractivity contribution in [1.82, 2.24) is 14.5 Å². The zero-order chi connectivity index (χ0) is 42.8. The molecule has 2 aromatic heterocycles. The van der Waals surface area contributed by atoms with Crippen LogP contribution in [0, 0.1) is 0 Å². The van der Waals surface area contributed by atoms with Crippen LogP contribution in [0.15, 0.2) is 224 Å². The smallest absolute Gasteiger partial charge is 0.160 e. The average Bonchev–Trinajstić information content (AvgIpc) is 3.82. The molecule has 0 bridgehead atoms. The molecule has 0 saturated heterocycles. The number of aromatic nitrogens is 3. The van der Waals surface area contributed by atoms with Gasteiger partial charge in [-0.05, 0) is 116 Å². The van der Waals surface area contributed by atoms with Crippen LogP contribution in [-0.4, -0.2) is 14.5 Å². The summed E-state index contributed by atoms with van der Waals surface area (Å²) in [5, 5.41) is 2.52. The molecule has 0 spiro atoms. The van der Waals surface area contributed by atoms with Crippen molar-refractivity contribution in [1.29, 1.82) is 0 Å². The van der Waals surface area contributed by atoms with E-state index in [1.165, 1.54) is 55.2 Å². The highest BCUT2D eigenvalue weighted by Gasteiger charge is 2.35. The summed E-state index contributed by atoms with van der Waals surface area (Å²) in [4.78, 5) is 10.4. The quantitative estimate of drug-likeness (QED) is 0.160. The van der Waals surface area contributed by atoms with Crippen LogP contribution < -0.4 is 0 Å². The van der Waals surface area contributed by atoms with Crippen molar-refractivity contribution in [2.24, 2.45) is 0 Å². The van der Waals surface area contributed by atoms with Crippen LogP contribution in [0.5, 0.6) is 0 Å². The van der Waals surface area contributed by atoms with Crippen LogP contribution in [0.1, 0.15) is 25.0 Å². The van der Waals surface area contributed by atoms with E-state index in [0.717, 1.165) is 56.0 Å². The first-order valence-electron chi connectivity index (χ1n) is 22.1. The highest BCUT2D eigenvalue weighted by atomic mass is 15.0. The van der Waals surface area contributed by atoms with E-state index in [1.54, 1.807) is 0 Å². The van der Waals surface area contributed by atoms with Gasteiger partial charge in [-0.2, -0.15) is 0 Å². The molecule has 0 radical (unpaired) electrons. The highest BCUT2D eigenvalue weighted by Crippen LogP contribution is 2.50. The number of para-hydroxylation sites is 2. The Morgan fingerprint density at radius 2 is 0.797 bits per heavy atom. The molecule has 0 fully saturated rings. The summed E-state index contributed by atoms with van der Waals surface area (Å²) in [6.45, 7) is 4.71. The Bertz CT molecular complexity index is 3450. The van der Waals surface area contributed by atoms with Gasteiger partial charge in [-0.15, -0.1) is 0 Å². The Balaban J connectivity index is 1.00. The third-order valence-corrected chi connectivity index (χ3v) is 13.2. The molecular weight excluding hydrogens is 775 g/mol. The van der Waals surface area contributed by atoms with Gasteiger partial charge in [0.1, 0.15) is 0 Å². The average molecular weight is 818 g/mol. The minimum atomic E-state index is -0.105. The number of hydrogen-bond donors (Lipinski definition) is 0. The lowest BCUT2D eigenvalue weighted by atomic mass is 9.81. The van der Waals surface area contributed by atoms with Crippen LogP contribution in [0.25, 0.3) is 106 Å². The largest absolute Gasteiger partial charge is 0.309 e. The fourth-order valence-electron chi connectivity index (χ4n) is 9.94. The van der Waals surface area contributed by atoms with Crippen LogP contribution in [0.3, 0.4) is 0 Å². The normalized spacial score (nSPS) is 12.7. The number of rotatable bonds is 7. The molecular formula is C61H43N3. The molecule has 3 heteroatoms. The molecule has 0 atom stereocenters. The maximum atomic E-state index is 5.18. The Morgan fingerprint density at radius 3 is 1.44 bits per heavy atom. The van der Waals surface area contributed by atoms with Gasteiger partial charge in [0.05, 0.1) is 22.4 Å². The number of benzene rings is 9. The second-order valence-electron chi connectivity index (χ2n) is 17.4. The van der Waals surface area contributed by atoms with Crippen molar-refractivity contribution in [3.63, 3.8) is 0 Å². The first-order valence-corrected chi connectivity index (χ1v) is 22.1. The third-order valence-electron chi connectivity index (χ3n) is 13.2. The van der Waals surface area contributed by atoms with Crippen molar-refractivity contribution in [3.05, 3.63) is 236 Å². The van der Waals surface area contributed by atoms with Gasteiger partial charge in [0.2, 0.25) is 0 Å². The predicted octanol–water partition coefficient (Wildman–Crippen LogP) is 15.9. The molecule has 64 heavy (non-hydrogen) atoms. The van der Waals surface area contributed by atoms with E-state index in [4.69, 9.17) is 9.97 Å². The lowest BCUT2D eigenvalue weighted by molar-refractivity contribution is 0.660. The Labute approximate surface area is 373 Å². The molecule has 12 rings (SSSR count). The van der Waals surface area contributed by atoms with Crippen LogP contribution in [0.2, 0.25) is 0 Å². The van der Waals surface area contributed by atoms with E-state index in [2.05, 4.69) is 231 Å². The Hall–Kier alpha value is -8.14. The van der Waals surface area contributed by atoms with Gasteiger partial charge in [-0.1, -0.05) is 178 Å². The second-order valence-corrected chi connectivity index (χ2v) is 17.4. The first-order chi connectivity index (χ1) is 31.5. The summed E-state index contributed by atoms with van der Waals surface area (Å²) in [5.74, 6) is 0.694. The molecule has 302 valence electrons. The summed E-state index contributed by atoms with van der Waals surface area (Å²) in [6, 6.07) is 81.0. The fraction of sp³-hybridized carbons (Fsp3) is 0.0492. The van der Waals surface area contributed by atoms with Crippen molar-refractivity contribution >= 4 is 21.8 Å². The molecule has 0 amide bonds. The maximum absolute atomic E-state index is 5.18. The SMILES string of the molecule is CC1(C)c2ccccc2-c2ccc(-c3cc(-c4ccc(-n5c6ccccc6c6ccccc65)cc4)cc(-c4cccc(-c5nc(-c6ccccc6)cc(-c6ccccc6)n5)c4)c3)cc21. The third kappa shape index (κ3) is 6.36. The van der Waals surface area contributed by atoms with Gasteiger partial charge >= 0.3 is 0 Å². The van der Waals surface area contributed by atoms with Gasteiger partial charge < -0.3 is 4.57 Å². The molecule has 0 unspecified atom stereocenters. The minimum Gasteiger partial charge on any atom is -0.309 e. The van der Waals surface area contributed by atoms with Gasteiger partial charge in [0.15, 0.2) is 5.82 Å². The van der Waals surface area contributed by atoms with E-state index < -0.39 is 0 Å². The van der Waals surface area contributed by atoms with Crippen molar-refractivity contribution in [3.8, 4) is 84.1 Å². The molecule has 0 N–H and O–H groups in total. The molecule has 1 aliphatic carbocycles. The maximum Gasteiger partial charge on any atom is 0.160 e. The van der Waals surface area contributed by atoms with E-state index >= 15 is 0 Å². The molecule has 1 aliphatic rings. The van der Waals surface area contributed by atoms with E-state index in [9.17, 15) is 0 Å². The monoisotopic (exact) mass is 817 g/mol. The summed E-state index contributed by atoms with van der Waals surface area (Å²) in [5.41, 5.74) is 20.6. The molecule has 2 heterocycles. The molecule has 11 aromatic rings. The van der Waals surface area contributed by atoms with E-state index in [-0.39, 0.29) is 5.41 Å². The summed E-state index contributed by atoms with van der Waals surface area (Å²) in [7, 11) is 0. The lowest BCUT2D eigenvalue weighted by Gasteiger charge is -2.22. The van der Waals surface area contributed by atoms with Gasteiger partial charge in [0, 0.05) is 38.6 Å². The predicted molar refractivity (Wildman–Crippen MR) is 267 cm³/mol. The Morgan fingerprint density at radius 1 is 0.328 bits per heavy atom. The standard InChI is InChI=1S/C61H43N3/c1-61(2)54-25-12-9-22-50(54)51-33-30-44(38-55(51)61)48-36-46(40-28-31-49(32-29-40)64-58-26-13-10-23-52(58)53-24-11-14-27-59(53)64)35-47(37-48)43-20-15-21-45(34-43)60-62-56(41-16-5-3-6-17-41)39-57(63-60)42-18-7-4-8-19-42/h3-39H,1-2H3. The van der Waals surface area contributed by atoms with Crippen LogP contribution in [-0.2, 0) is 5.41 Å². The van der Waals surface area contributed by atoms with Crippen LogP contribution in [0.4, 0.5) is 0 Å². The fourth-order valence-corrected chi connectivity index (χ4v) is 9.94. The van der Waals surface area contributed by atoms with E-state index in [0.29, 0.717) is 5.82 Å². The molecule has 0 saturated carbocycles. The van der Waals surface area contributed by atoms with Crippen molar-refractivity contribution in [2.45, 2.75) is 19.3 Å². The van der Waals surface area contributed by atoms with Crippen LogP contribution >= 0.6 is 0 Å². The number of fused-ring (bicyclic) bond motifs is 6. The van der Waals surface area contributed by atoms with Crippen molar-refractivity contribution < 1.29 is 0 Å². The zero-order valence-corrected chi connectivity index (χ0v) is 35.7. The summed E-state index contributed by atoms with van der Waals surface area (Å²) >= 11 is 0. The molecule has 3 nitrogen and oxygen atoms in total. The summed E-state index contributed by atoms with van der Waals surface area (Å²) in [6.07, 6.45) is 0. The Kier molecular flexibility index (Phi) is 8.84. The summed E-state index contributed by atoms with van der Waals surface area (Å²) < 4.78 is 2.38. The molecule has 9 aromatic carbocycles. The van der Waals surface area contributed by atoms with E-state index in [1.807, 2.05) is 12.1 Å². The lowest BCUT2D eigenvalue weighted by Crippen LogP contribution is -2.14. The second kappa shape index (κ2) is 15.0. The van der Waals surface area contributed by atoms with Gasteiger partial charge in [-0.3, -0.25) is 0 Å². The number of hydrogen-bond acceptors (Lipinski definition) is 2. The molecule has 0 aliphatic heterocycles. The van der Waals surface area contributed by atoms with Gasteiger partial charge in [-0.25, -0.2) is 9.97 Å².